The zero-order valence-electron chi connectivity index (χ0n) is 12.4. The number of benzene rings is 1. The van der Waals surface area contributed by atoms with Gasteiger partial charge in [0.1, 0.15) is 18.2 Å². The molecule has 1 rings (SSSR count). The number of thioether (sulfide) groups is 1. The number of esters is 1. The van der Waals surface area contributed by atoms with E-state index in [1.54, 1.807) is 38.4 Å². The van der Waals surface area contributed by atoms with Crippen LogP contribution in [0.2, 0.25) is 0 Å². The summed E-state index contributed by atoms with van der Waals surface area (Å²) in [6, 6.07) is 8.81. The standard InChI is InChI=1S/C16H16N2O3S/c1-4-8-21-15(19)13(11-17)9-12-6-5-7-14(10-12)22-16(20)18(2)3/h4-7,9-10H,1,8H2,2-3H3. The van der Waals surface area contributed by atoms with Crippen molar-refractivity contribution in [3.05, 3.63) is 48.1 Å². The molecule has 0 aromatic heterocycles. The Balaban J connectivity index is 2.94. The van der Waals surface area contributed by atoms with E-state index in [4.69, 9.17) is 10.00 Å². The van der Waals surface area contributed by atoms with E-state index in [0.717, 1.165) is 16.7 Å². The SMILES string of the molecule is C=CCOC(=O)C(C#N)=Cc1cccc(SC(=O)N(C)C)c1. The molecule has 0 aliphatic heterocycles. The number of nitrogens with zero attached hydrogens (tertiary/aromatic N) is 2. The molecule has 114 valence electrons. The molecule has 0 fully saturated rings. The van der Waals surface area contributed by atoms with Crippen molar-refractivity contribution in [3.63, 3.8) is 0 Å². The van der Waals surface area contributed by atoms with Crippen LogP contribution in [0.15, 0.2) is 47.4 Å². The van der Waals surface area contributed by atoms with Crippen molar-refractivity contribution in [2.75, 3.05) is 20.7 Å². The second kappa shape index (κ2) is 8.70. The third-order valence-corrected chi connectivity index (χ3v) is 3.44. The van der Waals surface area contributed by atoms with Crippen molar-refractivity contribution in [2.45, 2.75) is 4.90 Å². The summed E-state index contributed by atoms with van der Waals surface area (Å²) in [5.74, 6) is -0.704. The van der Waals surface area contributed by atoms with E-state index in [1.807, 2.05) is 6.07 Å². The molecule has 6 heteroatoms. The third-order valence-electron chi connectivity index (χ3n) is 2.41. The van der Waals surface area contributed by atoms with Gasteiger partial charge in [-0.1, -0.05) is 24.8 Å². The summed E-state index contributed by atoms with van der Waals surface area (Å²) in [5, 5.41) is 8.93. The van der Waals surface area contributed by atoms with Crippen molar-refractivity contribution in [2.24, 2.45) is 0 Å². The van der Waals surface area contributed by atoms with Gasteiger partial charge < -0.3 is 9.64 Å². The molecule has 0 aliphatic carbocycles. The maximum Gasteiger partial charge on any atom is 0.349 e. The molecule has 0 unspecified atom stereocenters. The van der Waals surface area contributed by atoms with E-state index in [0.29, 0.717) is 5.56 Å². The highest BCUT2D eigenvalue weighted by molar-refractivity contribution is 8.13. The molecule has 0 aliphatic rings. The van der Waals surface area contributed by atoms with Gasteiger partial charge >= 0.3 is 5.97 Å². The molecule has 0 saturated carbocycles. The van der Waals surface area contributed by atoms with Crippen molar-refractivity contribution < 1.29 is 14.3 Å². The summed E-state index contributed by atoms with van der Waals surface area (Å²) in [4.78, 5) is 25.5. The molecule has 0 saturated heterocycles. The molecule has 0 atom stereocenters. The number of hydrogen-bond donors (Lipinski definition) is 0. The number of rotatable bonds is 5. The van der Waals surface area contributed by atoms with Gasteiger partial charge in [0.2, 0.25) is 0 Å². The van der Waals surface area contributed by atoms with Crippen molar-refractivity contribution in [3.8, 4) is 6.07 Å². The third kappa shape index (κ3) is 5.46. The lowest BCUT2D eigenvalue weighted by molar-refractivity contribution is -0.137. The van der Waals surface area contributed by atoms with Crippen molar-refractivity contribution in [1.82, 2.24) is 4.90 Å². The maximum absolute atomic E-state index is 11.7. The van der Waals surface area contributed by atoms with Gasteiger partial charge in [-0.15, -0.1) is 0 Å². The lowest BCUT2D eigenvalue weighted by Crippen LogP contribution is -2.15. The Morgan fingerprint density at radius 1 is 1.45 bits per heavy atom. The van der Waals surface area contributed by atoms with E-state index in [1.165, 1.54) is 17.1 Å². The van der Waals surface area contributed by atoms with Gasteiger partial charge in [-0.05, 0) is 35.5 Å². The molecule has 1 aromatic rings. The predicted molar refractivity (Wildman–Crippen MR) is 86.1 cm³/mol. The van der Waals surface area contributed by atoms with Crippen LogP contribution < -0.4 is 0 Å². The summed E-state index contributed by atoms with van der Waals surface area (Å²) in [5.41, 5.74) is 0.534. The Hall–Kier alpha value is -2.52. The van der Waals surface area contributed by atoms with Crippen LogP contribution in [0.3, 0.4) is 0 Å². The summed E-state index contributed by atoms with van der Waals surface area (Å²) in [7, 11) is 3.34. The van der Waals surface area contributed by atoms with Crippen LogP contribution in [0.5, 0.6) is 0 Å². The molecule has 0 bridgehead atoms. The Morgan fingerprint density at radius 2 is 2.18 bits per heavy atom. The molecular formula is C16H16N2O3S. The van der Waals surface area contributed by atoms with Crippen LogP contribution in [0.25, 0.3) is 6.08 Å². The second-order valence-electron chi connectivity index (χ2n) is 4.39. The van der Waals surface area contributed by atoms with Crippen LogP contribution in [0, 0.1) is 11.3 Å². The zero-order valence-corrected chi connectivity index (χ0v) is 13.2. The average Bonchev–Trinajstić information content (AvgIpc) is 2.50. The number of carbonyl (C=O) groups excluding carboxylic acids is 2. The highest BCUT2D eigenvalue weighted by Crippen LogP contribution is 2.22. The fourth-order valence-electron chi connectivity index (χ4n) is 1.38. The minimum Gasteiger partial charge on any atom is -0.457 e. The second-order valence-corrected chi connectivity index (χ2v) is 5.42. The average molecular weight is 316 g/mol. The van der Waals surface area contributed by atoms with Gasteiger partial charge in [0.25, 0.3) is 5.24 Å². The first kappa shape index (κ1) is 17.5. The van der Waals surface area contributed by atoms with Crippen molar-refractivity contribution in [1.29, 1.82) is 5.26 Å². The summed E-state index contributed by atoms with van der Waals surface area (Å²) < 4.78 is 4.83. The Kier molecular flexibility index (Phi) is 6.93. The predicted octanol–water partition coefficient (Wildman–Crippen LogP) is 3.10. The molecular weight excluding hydrogens is 300 g/mol. The molecule has 1 amide bonds. The van der Waals surface area contributed by atoms with Crippen LogP contribution >= 0.6 is 11.8 Å². The largest absolute Gasteiger partial charge is 0.457 e. The monoisotopic (exact) mass is 316 g/mol. The molecule has 0 heterocycles. The van der Waals surface area contributed by atoms with Gasteiger partial charge in [0, 0.05) is 19.0 Å². The minimum atomic E-state index is -0.704. The number of amides is 1. The smallest absolute Gasteiger partial charge is 0.349 e. The Morgan fingerprint density at radius 3 is 2.77 bits per heavy atom. The number of hydrogen-bond acceptors (Lipinski definition) is 5. The first-order valence-corrected chi connectivity index (χ1v) is 7.18. The lowest BCUT2D eigenvalue weighted by atomic mass is 10.1. The van der Waals surface area contributed by atoms with E-state index in [-0.39, 0.29) is 17.4 Å². The van der Waals surface area contributed by atoms with Gasteiger partial charge in [-0.25, -0.2) is 4.79 Å². The van der Waals surface area contributed by atoms with Crippen LogP contribution in [0.4, 0.5) is 4.79 Å². The van der Waals surface area contributed by atoms with Gasteiger partial charge in [0.05, 0.1) is 0 Å². The molecule has 5 nitrogen and oxygen atoms in total. The van der Waals surface area contributed by atoms with E-state index in [9.17, 15) is 9.59 Å². The number of carbonyl (C=O) groups is 2. The Labute approximate surface area is 133 Å². The lowest BCUT2D eigenvalue weighted by Gasteiger charge is -2.09. The molecule has 0 radical (unpaired) electrons. The zero-order chi connectivity index (χ0) is 16.5. The number of ether oxygens (including phenoxy) is 1. The summed E-state index contributed by atoms with van der Waals surface area (Å²) >= 11 is 1.07. The topological polar surface area (TPSA) is 70.4 Å². The maximum atomic E-state index is 11.7. The summed E-state index contributed by atoms with van der Waals surface area (Å²) in [6.45, 7) is 3.48. The van der Waals surface area contributed by atoms with Gasteiger partial charge in [0.15, 0.2) is 0 Å². The van der Waals surface area contributed by atoms with Crippen molar-refractivity contribution >= 4 is 29.0 Å². The number of nitriles is 1. The van der Waals surface area contributed by atoms with E-state index >= 15 is 0 Å². The highest BCUT2D eigenvalue weighted by atomic mass is 32.2. The first-order valence-electron chi connectivity index (χ1n) is 6.37. The minimum absolute atomic E-state index is 0.0467. The molecule has 1 aromatic carbocycles. The van der Waals surface area contributed by atoms with Crippen LogP contribution in [-0.2, 0) is 9.53 Å². The highest BCUT2D eigenvalue weighted by Gasteiger charge is 2.11. The summed E-state index contributed by atoms with van der Waals surface area (Å²) in [6.07, 6.45) is 2.85. The fraction of sp³-hybridized carbons (Fsp3) is 0.188. The first-order chi connectivity index (χ1) is 10.5. The van der Waals surface area contributed by atoms with Crippen LogP contribution in [0.1, 0.15) is 5.56 Å². The van der Waals surface area contributed by atoms with E-state index in [2.05, 4.69) is 6.58 Å². The van der Waals surface area contributed by atoms with Gasteiger partial charge in [-0.2, -0.15) is 5.26 Å². The normalized spacial score (nSPS) is 10.5. The van der Waals surface area contributed by atoms with Gasteiger partial charge in [-0.3, -0.25) is 4.79 Å². The quantitative estimate of drug-likeness (QED) is 0.274. The molecule has 22 heavy (non-hydrogen) atoms. The molecule has 0 spiro atoms. The molecule has 0 N–H and O–H groups in total. The Bertz CT molecular complexity index is 645. The van der Waals surface area contributed by atoms with E-state index < -0.39 is 5.97 Å². The fourth-order valence-corrected chi connectivity index (χ4v) is 2.10. The van der Waals surface area contributed by atoms with Crippen LogP contribution in [-0.4, -0.2) is 36.8 Å².